The number of likely N-dealkylation sites (tertiary alicyclic amines) is 1. The van der Waals surface area contributed by atoms with Crippen LogP contribution >= 0.6 is 0 Å². The fourth-order valence-electron chi connectivity index (χ4n) is 2.96. The number of hydrogen-bond donors (Lipinski definition) is 1. The highest BCUT2D eigenvalue weighted by atomic mass is 16.5. The first-order valence-electron chi connectivity index (χ1n) is 8.40. The molecule has 1 N–H and O–H groups in total. The molecule has 0 unspecified atom stereocenters. The van der Waals surface area contributed by atoms with E-state index in [2.05, 4.69) is 5.32 Å². The van der Waals surface area contributed by atoms with Gasteiger partial charge in [0.25, 0.3) is 11.8 Å². The van der Waals surface area contributed by atoms with Gasteiger partial charge >= 0.3 is 5.97 Å². The predicted octanol–water partition coefficient (Wildman–Crippen LogP) is 2.56. The molecule has 2 amide bonds. The summed E-state index contributed by atoms with van der Waals surface area (Å²) in [6.07, 6.45) is 2.64. The van der Waals surface area contributed by atoms with Crippen molar-refractivity contribution in [3.63, 3.8) is 0 Å². The molecule has 0 radical (unpaired) electrons. The van der Waals surface area contributed by atoms with Crippen LogP contribution in [-0.2, 0) is 9.53 Å². The van der Waals surface area contributed by atoms with Crippen LogP contribution in [0.5, 0.6) is 0 Å². The highest BCUT2D eigenvalue weighted by molar-refractivity contribution is 6.02. The first kappa shape index (κ1) is 17.7. The van der Waals surface area contributed by atoms with E-state index in [9.17, 15) is 14.4 Å². The largest absolute Gasteiger partial charge is 0.469 e. The van der Waals surface area contributed by atoms with Crippen LogP contribution in [0.4, 0.5) is 5.69 Å². The zero-order chi connectivity index (χ0) is 18.5. The number of hydrogen-bond acceptors (Lipinski definition) is 5. The summed E-state index contributed by atoms with van der Waals surface area (Å²) in [6.45, 7) is 1.05. The van der Waals surface area contributed by atoms with Gasteiger partial charge in [-0.15, -0.1) is 0 Å². The Hall–Kier alpha value is -3.09. The number of piperidine rings is 1. The second kappa shape index (κ2) is 7.86. The number of nitrogens with zero attached hydrogens (tertiary/aromatic N) is 1. The third-order valence-corrected chi connectivity index (χ3v) is 4.45. The lowest BCUT2D eigenvalue weighted by atomic mass is 9.96. The Labute approximate surface area is 150 Å². The number of ether oxygens (including phenoxy) is 1. The van der Waals surface area contributed by atoms with Crippen molar-refractivity contribution in [3.05, 3.63) is 54.0 Å². The molecule has 1 saturated heterocycles. The second-order valence-electron chi connectivity index (χ2n) is 6.10. The number of nitrogens with one attached hydrogen (secondary N) is 1. The number of rotatable bonds is 4. The Morgan fingerprint density at radius 3 is 2.38 bits per heavy atom. The Morgan fingerprint density at radius 2 is 1.81 bits per heavy atom. The third kappa shape index (κ3) is 3.93. The second-order valence-corrected chi connectivity index (χ2v) is 6.10. The summed E-state index contributed by atoms with van der Waals surface area (Å²) in [6, 6.07) is 9.91. The van der Waals surface area contributed by atoms with Crippen molar-refractivity contribution in [2.45, 2.75) is 12.8 Å². The van der Waals surface area contributed by atoms with Gasteiger partial charge in [-0.25, -0.2) is 0 Å². The van der Waals surface area contributed by atoms with Gasteiger partial charge in [0.2, 0.25) is 0 Å². The van der Waals surface area contributed by atoms with Crippen LogP contribution < -0.4 is 5.32 Å². The van der Waals surface area contributed by atoms with Gasteiger partial charge in [0, 0.05) is 24.3 Å². The SMILES string of the molecule is COC(=O)C1CCN(C(=O)c2ccc(NC(=O)c3ccco3)cc2)CC1. The van der Waals surface area contributed by atoms with Crippen molar-refractivity contribution >= 4 is 23.5 Å². The van der Waals surface area contributed by atoms with E-state index in [1.165, 1.54) is 13.4 Å². The lowest BCUT2D eigenvalue weighted by Gasteiger charge is -2.30. The van der Waals surface area contributed by atoms with Gasteiger partial charge in [0.1, 0.15) is 0 Å². The van der Waals surface area contributed by atoms with Crippen molar-refractivity contribution in [2.24, 2.45) is 5.92 Å². The maximum absolute atomic E-state index is 12.6. The van der Waals surface area contributed by atoms with Gasteiger partial charge in [-0.2, -0.15) is 0 Å². The molecule has 0 saturated carbocycles. The summed E-state index contributed by atoms with van der Waals surface area (Å²) < 4.78 is 9.79. The van der Waals surface area contributed by atoms with E-state index >= 15 is 0 Å². The van der Waals surface area contributed by atoms with Gasteiger partial charge in [0.15, 0.2) is 5.76 Å². The standard InChI is InChI=1S/C19H20N2O5/c1-25-19(24)14-8-10-21(11-9-14)18(23)13-4-6-15(7-5-13)20-17(22)16-3-2-12-26-16/h2-7,12,14H,8-11H2,1H3,(H,20,22). The quantitative estimate of drug-likeness (QED) is 0.851. The summed E-state index contributed by atoms with van der Waals surface area (Å²) in [4.78, 5) is 37.8. The molecular formula is C19H20N2O5. The zero-order valence-corrected chi connectivity index (χ0v) is 14.4. The zero-order valence-electron chi connectivity index (χ0n) is 14.4. The molecule has 0 aliphatic carbocycles. The van der Waals surface area contributed by atoms with Gasteiger partial charge in [-0.3, -0.25) is 14.4 Å². The molecule has 7 heteroatoms. The van der Waals surface area contributed by atoms with Gasteiger partial charge in [0.05, 0.1) is 19.3 Å². The molecule has 2 heterocycles. The number of esters is 1. The molecule has 1 fully saturated rings. The highest BCUT2D eigenvalue weighted by Gasteiger charge is 2.28. The first-order valence-corrected chi connectivity index (χ1v) is 8.40. The Morgan fingerprint density at radius 1 is 1.12 bits per heavy atom. The molecule has 2 aromatic rings. The minimum absolute atomic E-state index is 0.0859. The summed E-state index contributed by atoms with van der Waals surface area (Å²) in [5.41, 5.74) is 1.12. The molecular weight excluding hydrogens is 336 g/mol. The number of methoxy groups -OCH3 is 1. The molecule has 1 aromatic heterocycles. The Bertz CT molecular complexity index is 775. The van der Waals surface area contributed by atoms with Crippen LogP contribution in [0, 0.1) is 5.92 Å². The van der Waals surface area contributed by atoms with Crippen LogP contribution in [0.15, 0.2) is 47.1 Å². The van der Waals surface area contributed by atoms with Crippen LogP contribution in [0.25, 0.3) is 0 Å². The normalized spacial score (nSPS) is 14.7. The van der Waals surface area contributed by atoms with Crippen molar-refractivity contribution in [2.75, 3.05) is 25.5 Å². The topological polar surface area (TPSA) is 88.9 Å². The monoisotopic (exact) mass is 356 g/mol. The maximum Gasteiger partial charge on any atom is 0.308 e. The van der Waals surface area contributed by atoms with Gasteiger partial charge in [-0.05, 0) is 49.2 Å². The van der Waals surface area contributed by atoms with Gasteiger partial charge in [-0.1, -0.05) is 0 Å². The van der Waals surface area contributed by atoms with Crippen LogP contribution in [0.2, 0.25) is 0 Å². The number of benzene rings is 1. The fraction of sp³-hybridized carbons (Fsp3) is 0.316. The lowest BCUT2D eigenvalue weighted by molar-refractivity contribution is -0.146. The minimum atomic E-state index is -0.348. The average molecular weight is 356 g/mol. The minimum Gasteiger partial charge on any atom is -0.469 e. The summed E-state index contributed by atoms with van der Waals surface area (Å²) >= 11 is 0. The lowest BCUT2D eigenvalue weighted by Crippen LogP contribution is -2.40. The van der Waals surface area contributed by atoms with E-state index in [-0.39, 0.29) is 29.5 Å². The van der Waals surface area contributed by atoms with Crippen molar-refractivity contribution in [1.29, 1.82) is 0 Å². The summed E-state index contributed by atoms with van der Waals surface area (Å²) in [7, 11) is 1.38. The molecule has 1 aromatic carbocycles. The average Bonchev–Trinajstić information content (AvgIpc) is 3.22. The highest BCUT2D eigenvalue weighted by Crippen LogP contribution is 2.21. The van der Waals surface area contributed by atoms with Crippen LogP contribution in [-0.4, -0.2) is 42.9 Å². The number of carbonyl (C=O) groups is 3. The molecule has 1 aliphatic heterocycles. The summed E-state index contributed by atoms with van der Waals surface area (Å²) in [5, 5.41) is 2.71. The van der Waals surface area contributed by atoms with E-state index in [0.717, 1.165) is 0 Å². The van der Waals surface area contributed by atoms with Crippen LogP contribution in [0.1, 0.15) is 33.8 Å². The van der Waals surface area contributed by atoms with E-state index in [1.807, 2.05) is 0 Å². The van der Waals surface area contributed by atoms with E-state index in [4.69, 9.17) is 9.15 Å². The predicted molar refractivity (Wildman–Crippen MR) is 93.7 cm³/mol. The fourth-order valence-corrected chi connectivity index (χ4v) is 2.96. The van der Waals surface area contributed by atoms with E-state index in [0.29, 0.717) is 37.2 Å². The number of anilines is 1. The molecule has 3 rings (SSSR count). The molecule has 0 atom stereocenters. The maximum atomic E-state index is 12.6. The molecule has 136 valence electrons. The molecule has 1 aliphatic rings. The van der Waals surface area contributed by atoms with E-state index < -0.39 is 0 Å². The Kier molecular flexibility index (Phi) is 5.36. The number of furan rings is 1. The van der Waals surface area contributed by atoms with Crippen molar-refractivity contribution < 1.29 is 23.5 Å². The number of carbonyl (C=O) groups excluding carboxylic acids is 3. The smallest absolute Gasteiger partial charge is 0.308 e. The molecule has 7 nitrogen and oxygen atoms in total. The molecule has 26 heavy (non-hydrogen) atoms. The number of amides is 2. The summed E-state index contributed by atoms with van der Waals surface area (Å²) in [5.74, 6) is -0.563. The van der Waals surface area contributed by atoms with Gasteiger partial charge < -0.3 is 19.4 Å². The van der Waals surface area contributed by atoms with E-state index in [1.54, 1.807) is 41.3 Å². The van der Waals surface area contributed by atoms with Crippen molar-refractivity contribution in [3.8, 4) is 0 Å². The van der Waals surface area contributed by atoms with Crippen LogP contribution in [0.3, 0.4) is 0 Å². The Balaban J connectivity index is 1.57. The molecule has 0 spiro atoms. The molecule has 0 bridgehead atoms. The first-order chi connectivity index (χ1) is 12.6. The third-order valence-electron chi connectivity index (χ3n) is 4.45. The van der Waals surface area contributed by atoms with Crippen molar-refractivity contribution in [1.82, 2.24) is 4.90 Å².